The number of halogens is 4. The van der Waals surface area contributed by atoms with Crippen LogP contribution in [0.15, 0.2) is 35.2 Å². The van der Waals surface area contributed by atoms with E-state index in [1.54, 1.807) is 0 Å². The summed E-state index contributed by atoms with van der Waals surface area (Å²) in [5.74, 6) is -7.44. The van der Waals surface area contributed by atoms with Gasteiger partial charge in [0.25, 0.3) is 5.91 Å². The lowest BCUT2D eigenvalue weighted by molar-refractivity contribution is -0.128. The van der Waals surface area contributed by atoms with E-state index in [4.69, 9.17) is 11.6 Å². The summed E-state index contributed by atoms with van der Waals surface area (Å²) in [6.07, 6.45) is 1.05. The SMILES string of the molecule is O=C(Nc1cc(F)c(F)c(F)c1)c1ccc(Cl)c(S(=O)(=O)C2C3CC[C@H]2C(CO)C(=O)C3)c1. The van der Waals surface area contributed by atoms with E-state index in [1.807, 2.05) is 0 Å². The first-order valence-corrected chi connectivity index (χ1v) is 12.1. The maximum absolute atomic E-state index is 13.5. The maximum Gasteiger partial charge on any atom is 0.255 e. The van der Waals surface area contributed by atoms with Crippen molar-refractivity contribution in [2.45, 2.75) is 29.4 Å². The van der Waals surface area contributed by atoms with Gasteiger partial charge in [-0.3, -0.25) is 9.59 Å². The minimum atomic E-state index is -4.09. The van der Waals surface area contributed by atoms with Gasteiger partial charge in [0.15, 0.2) is 27.3 Å². The van der Waals surface area contributed by atoms with Crippen molar-refractivity contribution in [2.24, 2.45) is 17.8 Å². The highest BCUT2D eigenvalue weighted by Gasteiger charge is 2.54. The molecule has 176 valence electrons. The number of carbonyl (C=O) groups excluding carboxylic acids is 2. The number of fused-ring (bicyclic) bond motifs is 2. The van der Waals surface area contributed by atoms with Crippen LogP contribution in [-0.4, -0.2) is 37.1 Å². The molecule has 2 bridgehead atoms. The molecule has 33 heavy (non-hydrogen) atoms. The molecule has 2 fully saturated rings. The van der Waals surface area contributed by atoms with Gasteiger partial charge in [0.05, 0.1) is 21.8 Å². The van der Waals surface area contributed by atoms with E-state index in [1.165, 1.54) is 12.1 Å². The van der Waals surface area contributed by atoms with Gasteiger partial charge in [0.2, 0.25) is 0 Å². The molecule has 4 rings (SSSR count). The number of aliphatic hydroxyl groups is 1. The van der Waals surface area contributed by atoms with Crippen molar-refractivity contribution < 1.29 is 36.3 Å². The molecule has 0 radical (unpaired) electrons. The van der Waals surface area contributed by atoms with Crippen LogP contribution < -0.4 is 5.32 Å². The van der Waals surface area contributed by atoms with E-state index >= 15 is 0 Å². The quantitative estimate of drug-likeness (QED) is 0.608. The zero-order valence-corrected chi connectivity index (χ0v) is 18.6. The first kappa shape index (κ1) is 23.7. The van der Waals surface area contributed by atoms with Crippen molar-refractivity contribution in [3.63, 3.8) is 0 Å². The van der Waals surface area contributed by atoms with Gasteiger partial charge in [-0.25, -0.2) is 21.6 Å². The summed E-state index contributed by atoms with van der Waals surface area (Å²) < 4.78 is 67.1. The minimum absolute atomic E-state index is 0.0467. The van der Waals surface area contributed by atoms with Crippen LogP contribution in [0.2, 0.25) is 5.02 Å². The van der Waals surface area contributed by atoms with Crippen LogP contribution in [0.3, 0.4) is 0 Å². The van der Waals surface area contributed by atoms with Gasteiger partial charge >= 0.3 is 0 Å². The highest BCUT2D eigenvalue weighted by atomic mass is 35.5. The molecule has 2 aromatic rings. The summed E-state index contributed by atoms with van der Waals surface area (Å²) in [5.41, 5.74) is -0.508. The Kier molecular flexibility index (Phi) is 6.28. The number of anilines is 1. The van der Waals surface area contributed by atoms with Crippen molar-refractivity contribution in [1.82, 2.24) is 0 Å². The normalized spacial score (nSPS) is 24.7. The largest absolute Gasteiger partial charge is 0.396 e. The average Bonchev–Trinajstić information content (AvgIpc) is 3.09. The molecule has 2 aliphatic rings. The van der Waals surface area contributed by atoms with Crippen LogP contribution in [0.4, 0.5) is 18.9 Å². The molecule has 0 heterocycles. The summed E-state index contributed by atoms with van der Waals surface area (Å²) in [4.78, 5) is 24.5. The Hall–Kier alpha value is -2.43. The molecule has 4 atom stereocenters. The van der Waals surface area contributed by atoms with Gasteiger partial charge < -0.3 is 10.4 Å². The molecule has 0 spiro atoms. The smallest absolute Gasteiger partial charge is 0.255 e. The Morgan fingerprint density at radius 3 is 2.42 bits per heavy atom. The topological polar surface area (TPSA) is 101 Å². The second kappa shape index (κ2) is 8.73. The lowest BCUT2D eigenvalue weighted by atomic mass is 9.79. The standard InChI is InChI=1S/C22H19ClF3NO5S/c23-15-4-2-11(22(30)27-12-7-16(24)20(26)17(25)8-12)6-19(15)33(31,32)21-10-1-3-13(21)14(9-28)18(29)5-10/h2,4,6-8,10,13-14,21,28H,1,3,5,9H2,(H,27,30)/t10?,13-,14?,21?/m0/s1. The van der Waals surface area contributed by atoms with Gasteiger partial charge in [-0.15, -0.1) is 0 Å². The number of ketones is 1. The summed E-state index contributed by atoms with van der Waals surface area (Å²) in [5, 5.41) is 10.8. The van der Waals surface area contributed by atoms with Crippen LogP contribution in [-0.2, 0) is 14.6 Å². The monoisotopic (exact) mass is 501 g/mol. The van der Waals surface area contributed by atoms with E-state index in [2.05, 4.69) is 5.32 Å². The number of sulfone groups is 1. The predicted octanol–water partition coefficient (Wildman–Crippen LogP) is 3.76. The van der Waals surface area contributed by atoms with Crippen LogP contribution in [0.25, 0.3) is 0 Å². The highest BCUT2D eigenvalue weighted by molar-refractivity contribution is 7.92. The highest BCUT2D eigenvalue weighted by Crippen LogP contribution is 2.49. The van der Waals surface area contributed by atoms with Crippen molar-refractivity contribution in [2.75, 3.05) is 11.9 Å². The molecule has 3 unspecified atom stereocenters. The minimum Gasteiger partial charge on any atom is -0.396 e. The second-order valence-corrected chi connectivity index (χ2v) is 10.8. The lowest BCUT2D eigenvalue weighted by Gasteiger charge is -2.34. The van der Waals surface area contributed by atoms with E-state index in [9.17, 15) is 36.3 Å². The van der Waals surface area contributed by atoms with Gasteiger partial charge in [-0.05, 0) is 42.9 Å². The van der Waals surface area contributed by atoms with Crippen LogP contribution >= 0.6 is 11.6 Å². The second-order valence-electron chi connectivity index (χ2n) is 8.32. The zero-order valence-electron chi connectivity index (χ0n) is 17.0. The third-order valence-corrected chi connectivity index (χ3v) is 9.29. The third kappa shape index (κ3) is 4.15. The fourth-order valence-corrected chi connectivity index (χ4v) is 7.83. The molecule has 2 aliphatic carbocycles. The lowest BCUT2D eigenvalue weighted by Crippen LogP contribution is -2.44. The number of rotatable bonds is 5. The van der Waals surface area contributed by atoms with Crippen molar-refractivity contribution in [1.29, 1.82) is 0 Å². The Bertz CT molecular complexity index is 1230. The van der Waals surface area contributed by atoms with E-state index in [-0.39, 0.29) is 33.4 Å². The fraction of sp³-hybridized carbons (Fsp3) is 0.364. The Morgan fingerprint density at radius 2 is 1.79 bits per heavy atom. The van der Waals surface area contributed by atoms with Gasteiger partial charge in [-0.1, -0.05) is 11.6 Å². The van der Waals surface area contributed by atoms with Gasteiger partial charge in [-0.2, -0.15) is 0 Å². The number of aliphatic hydroxyl groups excluding tert-OH is 1. The Labute approximate surface area is 192 Å². The van der Waals surface area contributed by atoms with Crippen molar-refractivity contribution in [3.8, 4) is 0 Å². The third-order valence-electron chi connectivity index (χ3n) is 6.45. The summed E-state index contributed by atoms with van der Waals surface area (Å²) in [7, 11) is -4.09. The Morgan fingerprint density at radius 1 is 1.12 bits per heavy atom. The molecule has 1 amide bonds. The van der Waals surface area contributed by atoms with E-state index in [0.717, 1.165) is 6.07 Å². The summed E-state index contributed by atoms with van der Waals surface area (Å²) >= 11 is 6.17. The molecule has 11 heteroatoms. The molecular formula is C22H19ClF3NO5S. The number of hydrogen-bond acceptors (Lipinski definition) is 5. The van der Waals surface area contributed by atoms with Gasteiger partial charge in [0.1, 0.15) is 5.78 Å². The van der Waals surface area contributed by atoms with E-state index in [0.29, 0.717) is 25.0 Å². The number of amides is 1. The molecule has 2 saturated carbocycles. The number of nitrogens with one attached hydrogen (secondary N) is 1. The van der Waals surface area contributed by atoms with Crippen LogP contribution in [0, 0.1) is 35.2 Å². The molecule has 0 aliphatic heterocycles. The predicted molar refractivity (Wildman–Crippen MR) is 113 cm³/mol. The number of carbonyl (C=O) groups is 2. The van der Waals surface area contributed by atoms with Crippen molar-refractivity contribution >= 4 is 38.8 Å². The molecule has 2 N–H and O–H groups in total. The first-order chi connectivity index (χ1) is 15.5. The molecule has 0 saturated heterocycles. The molecule has 6 nitrogen and oxygen atoms in total. The Balaban J connectivity index is 1.66. The number of Topliss-reactive ketones (excluding diaryl/α,β-unsaturated/α-hetero) is 1. The first-order valence-electron chi connectivity index (χ1n) is 10.2. The fourth-order valence-electron chi connectivity index (χ4n) is 4.94. The van der Waals surface area contributed by atoms with Gasteiger partial charge in [0, 0.05) is 35.7 Å². The summed E-state index contributed by atoms with van der Waals surface area (Å²) in [6.45, 7) is -0.441. The van der Waals surface area contributed by atoms with Crippen LogP contribution in [0.1, 0.15) is 29.6 Å². The van der Waals surface area contributed by atoms with Crippen molar-refractivity contribution in [3.05, 3.63) is 58.4 Å². The molecule has 0 aromatic heterocycles. The zero-order chi connectivity index (χ0) is 24.1. The number of hydrogen-bond donors (Lipinski definition) is 2. The van der Waals surface area contributed by atoms with Crippen LogP contribution in [0.5, 0.6) is 0 Å². The maximum atomic E-state index is 13.5. The number of benzene rings is 2. The molecular weight excluding hydrogens is 483 g/mol. The average molecular weight is 502 g/mol. The van der Waals surface area contributed by atoms with E-state index < -0.39 is 62.8 Å². The molecule has 2 aromatic carbocycles. The summed E-state index contributed by atoms with van der Waals surface area (Å²) in [6, 6.07) is 4.70.